The monoisotopic (exact) mass is 270 g/mol. The van der Waals surface area contributed by atoms with Gasteiger partial charge in [-0.1, -0.05) is 34.6 Å². The summed E-state index contributed by atoms with van der Waals surface area (Å²) in [5.41, 5.74) is 7.02. The third-order valence-electron chi connectivity index (χ3n) is 2.83. The van der Waals surface area contributed by atoms with Crippen LogP contribution in [0.3, 0.4) is 0 Å². The van der Waals surface area contributed by atoms with Gasteiger partial charge >= 0.3 is 0 Å². The molecule has 1 heterocycles. The number of nitrogens with two attached hydrogens (primary N) is 1. The van der Waals surface area contributed by atoms with E-state index >= 15 is 0 Å². The van der Waals surface area contributed by atoms with E-state index in [-0.39, 0.29) is 11.5 Å². The summed E-state index contributed by atoms with van der Waals surface area (Å²) in [6, 6.07) is 0. The van der Waals surface area contributed by atoms with Crippen LogP contribution in [0.25, 0.3) is 0 Å². The van der Waals surface area contributed by atoms with Gasteiger partial charge in [-0.3, -0.25) is 0 Å². The Bertz CT molecular complexity index is 380. The van der Waals surface area contributed by atoms with Gasteiger partial charge in [0.05, 0.1) is 5.69 Å². The van der Waals surface area contributed by atoms with E-state index in [1.165, 1.54) is 4.88 Å². The topological polar surface area (TPSA) is 48.1 Å². The van der Waals surface area contributed by atoms with Gasteiger partial charge in [0.2, 0.25) is 0 Å². The first-order valence-corrected chi connectivity index (χ1v) is 7.32. The molecule has 0 bridgehead atoms. The largest absolute Gasteiger partial charge is 0.374 e. The molecule has 18 heavy (non-hydrogen) atoms. The fourth-order valence-electron chi connectivity index (χ4n) is 2.05. The molecule has 4 heteroatoms. The Kier molecular flexibility index (Phi) is 5.32. The van der Waals surface area contributed by atoms with Gasteiger partial charge in [-0.25, -0.2) is 4.98 Å². The summed E-state index contributed by atoms with van der Waals surface area (Å²) in [4.78, 5) is 5.97. The van der Waals surface area contributed by atoms with Crippen molar-refractivity contribution in [2.45, 2.75) is 53.7 Å². The SMILES string of the molecule is COC(c1nc(CC(C)C)c(CN)s1)C(C)(C)C. The Morgan fingerprint density at radius 2 is 1.94 bits per heavy atom. The number of hydrogen-bond acceptors (Lipinski definition) is 4. The van der Waals surface area contributed by atoms with Crippen LogP contribution in [0.2, 0.25) is 0 Å². The number of aromatic nitrogens is 1. The summed E-state index contributed by atoms with van der Waals surface area (Å²) in [7, 11) is 1.75. The van der Waals surface area contributed by atoms with Crippen LogP contribution in [0.4, 0.5) is 0 Å². The Hall–Kier alpha value is -0.450. The summed E-state index contributed by atoms with van der Waals surface area (Å²) in [5.74, 6) is 0.598. The summed E-state index contributed by atoms with van der Waals surface area (Å²) >= 11 is 1.70. The number of hydrogen-bond donors (Lipinski definition) is 1. The molecule has 2 N–H and O–H groups in total. The number of methoxy groups -OCH3 is 1. The van der Waals surface area contributed by atoms with Crippen molar-refractivity contribution in [2.75, 3.05) is 7.11 Å². The van der Waals surface area contributed by atoms with Crippen LogP contribution in [-0.4, -0.2) is 12.1 Å². The van der Waals surface area contributed by atoms with E-state index in [1.54, 1.807) is 18.4 Å². The first kappa shape index (κ1) is 15.6. The molecule has 0 aliphatic carbocycles. The minimum atomic E-state index is 0.0358. The molecule has 3 nitrogen and oxygen atoms in total. The molecule has 0 aromatic carbocycles. The van der Waals surface area contributed by atoms with Gasteiger partial charge in [0.15, 0.2) is 0 Å². The minimum absolute atomic E-state index is 0.0358. The standard InChI is InChI=1S/C14H26N2OS/c1-9(2)7-10-11(8-15)18-13(16-10)12(17-6)14(3,4)5/h9,12H,7-8,15H2,1-6H3. The lowest BCUT2D eigenvalue weighted by Crippen LogP contribution is -2.20. The van der Waals surface area contributed by atoms with Crippen molar-refractivity contribution in [3.8, 4) is 0 Å². The van der Waals surface area contributed by atoms with Gasteiger partial charge in [0.1, 0.15) is 11.1 Å². The number of ether oxygens (including phenoxy) is 1. The summed E-state index contributed by atoms with van der Waals surface area (Å²) < 4.78 is 5.63. The van der Waals surface area contributed by atoms with Gasteiger partial charge in [-0.05, 0) is 17.8 Å². The Morgan fingerprint density at radius 3 is 2.33 bits per heavy atom. The van der Waals surface area contributed by atoms with E-state index in [0.29, 0.717) is 12.5 Å². The highest BCUT2D eigenvalue weighted by Crippen LogP contribution is 2.38. The van der Waals surface area contributed by atoms with E-state index in [2.05, 4.69) is 34.6 Å². The molecule has 1 aromatic heterocycles. The van der Waals surface area contributed by atoms with Gasteiger partial charge in [0, 0.05) is 18.5 Å². The Labute approximate surface area is 115 Å². The highest BCUT2D eigenvalue weighted by molar-refractivity contribution is 7.11. The van der Waals surface area contributed by atoms with Crippen molar-refractivity contribution < 1.29 is 4.74 Å². The zero-order valence-corrected chi connectivity index (χ0v) is 13.2. The molecule has 0 radical (unpaired) electrons. The second-order valence-electron chi connectivity index (χ2n) is 6.21. The molecule has 1 aromatic rings. The second kappa shape index (κ2) is 6.13. The van der Waals surface area contributed by atoms with Crippen molar-refractivity contribution in [2.24, 2.45) is 17.1 Å². The zero-order chi connectivity index (χ0) is 13.9. The smallest absolute Gasteiger partial charge is 0.123 e. The highest BCUT2D eigenvalue weighted by atomic mass is 32.1. The fraction of sp³-hybridized carbons (Fsp3) is 0.786. The van der Waals surface area contributed by atoms with Crippen molar-refractivity contribution in [3.05, 3.63) is 15.6 Å². The van der Waals surface area contributed by atoms with Crippen molar-refractivity contribution >= 4 is 11.3 Å². The van der Waals surface area contributed by atoms with Crippen molar-refractivity contribution in [1.82, 2.24) is 4.98 Å². The second-order valence-corrected chi connectivity index (χ2v) is 7.32. The molecule has 0 saturated carbocycles. The third kappa shape index (κ3) is 3.77. The average Bonchev–Trinajstić information content (AvgIpc) is 2.58. The molecule has 1 rings (SSSR count). The summed E-state index contributed by atoms with van der Waals surface area (Å²) in [6.45, 7) is 11.5. The minimum Gasteiger partial charge on any atom is -0.374 e. The summed E-state index contributed by atoms with van der Waals surface area (Å²) in [5, 5.41) is 1.06. The quantitative estimate of drug-likeness (QED) is 0.890. The maximum atomic E-state index is 5.82. The van der Waals surface area contributed by atoms with E-state index in [4.69, 9.17) is 15.5 Å². The van der Waals surface area contributed by atoms with Crippen LogP contribution in [0.1, 0.15) is 56.3 Å². The predicted octanol–water partition coefficient (Wildman–Crippen LogP) is 3.53. The van der Waals surface area contributed by atoms with Crippen molar-refractivity contribution in [3.63, 3.8) is 0 Å². The van der Waals surface area contributed by atoms with E-state index in [9.17, 15) is 0 Å². The van der Waals surface area contributed by atoms with Gasteiger partial charge in [-0.15, -0.1) is 11.3 Å². The van der Waals surface area contributed by atoms with E-state index < -0.39 is 0 Å². The third-order valence-corrected chi connectivity index (χ3v) is 3.99. The summed E-state index contributed by atoms with van der Waals surface area (Å²) in [6.07, 6.45) is 1.03. The maximum absolute atomic E-state index is 5.82. The first-order valence-electron chi connectivity index (χ1n) is 6.51. The molecule has 1 unspecified atom stereocenters. The molecular weight excluding hydrogens is 244 g/mol. The van der Waals surface area contributed by atoms with Crippen LogP contribution >= 0.6 is 11.3 Å². The average molecular weight is 270 g/mol. The lowest BCUT2D eigenvalue weighted by atomic mass is 9.89. The van der Waals surface area contributed by atoms with Crippen LogP contribution < -0.4 is 5.73 Å². The van der Waals surface area contributed by atoms with E-state index in [1.807, 2.05) is 0 Å². The number of nitrogens with zero attached hydrogens (tertiary/aromatic N) is 1. The van der Waals surface area contributed by atoms with Crippen LogP contribution in [0.15, 0.2) is 0 Å². The molecule has 1 atom stereocenters. The number of rotatable bonds is 5. The van der Waals surface area contributed by atoms with E-state index in [0.717, 1.165) is 17.1 Å². The zero-order valence-electron chi connectivity index (χ0n) is 12.4. The first-order chi connectivity index (χ1) is 8.29. The molecule has 0 saturated heterocycles. The van der Waals surface area contributed by atoms with Crippen LogP contribution in [0, 0.1) is 11.3 Å². The fourth-order valence-corrected chi connectivity index (χ4v) is 3.34. The van der Waals surface area contributed by atoms with Gasteiger partial charge < -0.3 is 10.5 Å². The molecule has 0 aliphatic heterocycles. The normalized spacial score (nSPS) is 14.2. The van der Waals surface area contributed by atoms with Crippen LogP contribution in [-0.2, 0) is 17.7 Å². The molecular formula is C14H26N2OS. The lowest BCUT2D eigenvalue weighted by molar-refractivity contribution is 0.0149. The molecule has 0 aliphatic rings. The Morgan fingerprint density at radius 1 is 1.33 bits per heavy atom. The van der Waals surface area contributed by atoms with Gasteiger partial charge in [-0.2, -0.15) is 0 Å². The van der Waals surface area contributed by atoms with Gasteiger partial charge in [0.25, 0.3) is 0 Å². The molecule has 104 valence electrons. The molecule has 0 fully saturated rings. The van der Waals surface area contributed by atoms with Crippen LogP contribution in [0.5, 0.6) is 0 Å². The lowest BCUT2D eigenvalue weighted by Gasteiger charge is -2.27. The predicted molar refractivity (Wildman–Crippen MR) is 77.8 cm³/mol. The Balaban J connectivity index is 3.06. The molecule has 0 spiro atoms. The highest BCUT2D eigenvalue weighted by Gasteiger charge is 2.29. The van der Waals surface area contributed by atoms with Crippen molar-refractivity contribution in [1.29, 1.82) is 0 Å². The maximum Gasteiger partial charge on any atom is 0.123 e. The molecule has 0 amide bonds. The number of thiazole rings is 1.